The SMILES string of the molecule is COC(=O)c1ccc(N)c2c1CCCC2.Cl. The summed E-state index contributed by atoms with van der Waals surface area (Å²) in [6.07, 6.45) is 4.19. The second-order valence-electron chi connectivity index (χ2n) is 3.86. The molecule has 1 aliphatic rings. The number of carbonyl (C=O) groups is 1. The summed E-state index contributed by atoms with van der Waals surface area (Å²) < 4.78 is 4.76. The molecule has 0 saturated heterocycles. The van der Waals surface area contributed by atoms with Crippen LogP contribution in [0.1, 0.15) is 34.3 Å². The number of esters is 1. The molecule has 0 radical (unpaired) electrons. The van der Waals surface area contributed by atoms with Crippen LogP contribution in [0.2, 0.25) is 0 Å². The fourth-order valence-corrected chi connectivity index (χ4v) is 2.20. The van der Waals surface area contributed by atoms with Crippen LogP contribution in [0, 0.1) is 0 Å². The van der Waals surface area contributed by atoms with E-state index >= 15 is 0 Å². The van der Waals surface area contributed by atoms with Gasteiger partial charge in [-0.25, -0.2) is 4.79 Å². The average Bonchev–Trinajstić information content (AvgIpc) is 2.29. The summed E-state index contributed by atoms with van der Waals surface area (Å²) in [6, 6.07) is 3.57. The van der Waals surface area contributed by atoms with Crippen LogP contribution in [0.15, 0.2) is 12.1 Å². The van der Waals surface area contributed by atoms with E-state index in [0.717, 1.165) is 42.5 Å². The van der Waals surface area contributed by atoms with Gasteiger partial charge in [-0.1, -0.05) is 0 Å². The zero-order chi connectivity index (χ0) is 10.8. The first-order valence-electron chi connectivity index (χ1n) is 5.22. The zero-order valence-corrected chi connectivity index (χ0v) is 10.1. The molecule has 1 aromatic carbocycles. The number of ether oxygens (including phenoxy) is 1. The molecule has 16 heavy (non-hydrogen) atoms. The second kappa shape index (κ2) is 5.21. The van der Waals surface area contributed by atoms with Gasteiger partial charge >= 0.3 is 5.97 Å². The minimum Gasteiger partial charge on any atom is -0.465 e. The lowest BCUT2D eigenvalue weighted by molar-refractivity contribution is 0.0599. The van der Waals surface area contributed by atoms with Gasteiger partial charge < -0.3 is 10.5 Å². The number of nitrogens with two attached hydrogens (primary N) is 1. The maximum Gasteiger partial charge on any atom is 0.338 e. The van der Waals surface area contributed by atoms with Gasteiger partial charge in [0.1, 0.15) is 0 Å². The Kier molecular flexibility index (Phi) is 4.19. The summed E-state index contributed by atoms with van der Waals surface area (Å²) in [6.45, 7) is 0. The summed E-state index contributed by atoms with van der Waals surface area (Å²) in [4.78, 5) is 11.5. The van der Waals surface area contributed by atoms with E-state index in [1.807, 2.05) is 0 Å². The average molecular weight is 242 g/mol. The van der Waals surface area contributed by atoms with Crippen molar-refractivity contribution in [2.75, 3.05) is 12.8 Å². The Balaban J connectivity index is 0.00000128. The predicted molar refractivity (Wildman–Crippen MR) is 66.1 cm³/mol. The topological polar surface area (TPSA) is 52.3 Å². The molecule has 0 bridgehead atoms. The van der Waals surface area contributed by atoms with Crippen molar-refractivity contribution in [3.05, 3.63) is 28.8 Å². The maximum atomic E-state index is 11.5. The first kappa shape index (κ1) is 12.8. The Labute approximate surface area is 101 Å². The van der Waals surface area contributed by atoms with Crippen molar-refractivity contribution in [2.45, 2.75) is 25.7 Å². The third-order valence-electron chi connectivity index (χ3n) is 2.98. The van der Waals surface area contributed by atoms with Crippen LogP contribution in [0.3, 0.4) is 0 Å². The number of halogens is 1. The molecule has 3 nitrogen and oxygen atoms in total. The molecular formula is C12H16ClNO2. The van der Waals surface area contributed by atoms with Gasteiger partial charge in [0.15, 0.2) is 0 Å². The Morgan fingerprint density at radius 2 is 1.88 bits per heavy atom. The molecule has 0 saturated carbocycles. The molecule has 2 rings (SSSR count). The van der Waals surface area contributed by atoms with Crippen LogP contribution < -0.4 is 5.73 Å². The van der Waals surface area contributed by atoms with E-state index in [1.54, 1.807) is 12.1 Å². The number of hydrogen-bond acceptors (Lipinski definition) is 3. The van der Waals surface area contributed by atoms with Crippen molar-refractivity contribution >= 4 is 24.1 Å². The molecule has 0 heterocycles. The fraction of sp³-hybridized carbons (Fsp3) is 0.417. The van der Waals surface area contributed by atoms with Crippen LogP contribution in [-0.2, 0) is 17.6 Å². The summed E-state index contributed by atoms with van der Waals surface area (Å²) in [5.41, 5.74) is 9.62. The fourth-order valence-electron chi connectivity index (χ4n) is 2.20. The van der Waals surface area contributed by atoms with Crippen LogP contribution in [-0.4, -0.2) is 13.1 Å². The molecule has 0 unspecified atom stereocenters. The maximum absolute atomic E-state index is 11.5. The minimum atomic E-state index is -0.256. The first-order chi connectivity index (χ1) is 7.24. The number of benzene rings is 1. The molecule has 0 aliphatic heterocycles. The molecule has 0 aromatic heterocycles. The van der Waals surface area contributed by atoms with E-state index in [1.165, 1.54) is 7.11 Å². The molecule has 0 amide bonds. The lowest BCUT2D eigenvalue weighted by atomic mass is 9.87. The molecule has 0 atom stereocenters. The van der Waals surface area contributed by atoms with Gasteiger partial charge in [-0.05, 0) is 48.9 Å². The number of methoxy groups -OCH3 is 1. The molecule has 0 spiro atoms. The third kappa shape index (κ3) is 2.14. The standard InChI is InChI=1S/C12H15NO2.ClH/c1-15-12(14)10-6-7-11(13)9-5-3-2-4-8(9)10;/h6-7H,2-5,13H2,1H3;1H. The summed E-state index contributed by atoms with van der Waals surface area (Å²) in [7, 11) is 1.41. The van der Waals surface area contributed by atoms with E-state index in [9.17, 15) is 4.79 Å². The molecule has 88 valence electrons. The van der Waals surface area contributed by atoms with Gasteiger partial charge in [-0.15, -0.1) is 12.4 Å². The van der Waals surface area contributed by atoms with Crippen LogP contribution in [0.25, 0.3) is 0 Å². The van der Waals surface area contributed by atoms with Gasteiger partial charge in [-0.2, -0.15) is 0 Å². The smallest absolute Gasteiger partial charge is 0.338 e. The van der Waals surface area contributed by atoms with Crippen molar-refractivity contribution in [3.63, 3.8) is 0 Å². The van der Waals surface area contributed by atoms with Gasteiger partial charge in [0.25, 0.3) is 0 Å². The van der Waals surface area contributed by atoms with Crippen molar-refractivity contribution in [3.8, 4) is 0 Å². The minimum absolute atomic E-state index is 0. The predicted octanol–water partition coefficient (Wildman–Crippen LogP) is 2.36. The monoisotopic (exact) mass is 241 g/mol. The summed E-state index contributed by atoms with van der Waals surface area (Å²) in [5, 5.41) is 0. The second-order valence-corrected chi connectivity index (χ2v) is 3.86. The Morgan fingerprint density at radius 3 is 2.50 bits per heavy atom. The van der Waals surface area contributed by atoms with Crippen molar-refractivity contribution in [2.24, 2.45) is 0 Å². The van der Waals surface area contributed by atoms with E-state index in [4.69, 9.17) is 10.5 Å². The van der Waals surface area contributed by atoms with Crippen LogP contribution in [0.5, 0.6) is 0 Å². The Morgan fingerprint density at radius 1 is 1.25 bits per heavy atom. The molecule has 4 heteroatoms. The summed E-state index contributed by atoms with van der Waals surface area (Å²) >= 11 is 0. The van der Waals surface area contributed by atoms with Crippen LogP contribution >= 0.6 is 12.4 Å². The van der Waals surface area contributed by atoms with Gasteiger partial charge in [0.05, 0.1) is 12.7 Å². The molecule has 0 fully saturated rings. The number of fused-ring (bicyclic) bond motifs is 1. The highest BCUT2D eigenvalue weighted by Crippen LogP contribution is 2.29. The lowest BCUT2D eigenvalue weighted by Crippen LogP contribution is -2.13. The number of rotatable bonds is 1. The van der Waals surface area contributed by atoms with Gasteiger partial charge in [0, 0.05) is 5.69 Å². The molecule has 2 N–H and O–H groups in total. The van der Waals surface area contributed by atoms with Gasteiger partial charge in [-0.3, -0.25) is 0 Å². The highest BCUT2D eigenvalue weighted by molar-refractivity contribution is 5.92. The van der Waals surface area contributed by atoms with Crippen molar-refractivity contribution in [1.82, 2.24) is 0 Å². The third-order valence-corrected chi connectivity index (χ3v) is 2.98. The molecular weight excluding hydrogens is 226 g/mol. The van der Waals surface area contributed by atoms with E-state index in [2.05, 4.69) is 0 Å². The highest BCUT2D eigenvalue weighted by Gasteiger charge is 2.19. The number of nitrogen functional groups attached to an aromatic ring is 1. The quantitative estimate of drug-likeness (QED) is 0.607. The number of carbonyl (C=O) groups excluding carboxylic acids is 1. The lowest BCUT2D eigenvalue weighted by Gasteiger charge is -2.20. The normalized spacial score (nSPS) is 13.6. The Hall–Kier alpha value is -1.22. The van der Waals surface area contributed by atoms with Crippen LogP contribution in [0.4, 0.5) is 5.69 Å². The van der Waals surface area contributed by atoms with E-state index in [0.29, 0.717) is 5.56 Å². The molecule has 1 aliphatic carbocycles. The van der Waals surface area contributed by atoms with E-state index < -0.39 is 0 Å². The highest BCUT2D eigenvalue weighted by atomic mass is 35.5. The van der Waals surface area contributed by atoms with E-state index in [-0.39, 0.29) is 18.4 Å². The van der Waals surface area contributed by atoms with Gasteiger partial charge in [0.2, 0.25) is 0 Å². The number of anilines is 1. The first-order valence-corrected chi connectivity index (χ1v) is 5.22. The number of hydrogen-bond donors (Lipinski definition) is 1. The zero-order valence-electron chi connectivity index (χ0n) is 9.29. The largest absolute Gasteiger partial charge is 0.465 e. The Bertz CT molecular complexity index is 404. The van der Waals surface area contributed by atoms with Crippen molar-refractivity contribution < 1.29 is 9.53 Å². The molecule has 1 aromatic rings. The van der Waals surface area contributed by atoms with Crippen molar-refractivity contribution in [1.29, 1.82) is 0 Å². The summed E-state index contributed by atoms with van der Waals surface area (Å²) in [5.74, 6) is -0.256.